The first kappa shape index (κ1) is 12.9. The number of halogens is 1. The number of unbranched alkanes of at least 4 members (excludes halogenated alkanes) is 2. The molecular weight excluding hydrogens is 202 g/mol. The van der Waals surface area contributed by atoms with Crippen LogP contribution in [0, 0.1) is 0 Å². The van der Waals surface area contributed by atoms with Crippen molar-refractivity contribution in [3.63, 3.8) is 0 Å². The molecule has 1 aromatic heterocycles. The average Bonchev–Trinajstić information content (AvgIpc) is 2.56. The average molecular weight is 220 g/mol. The molecule has 0 aliphatic heterocycles. The van der Waals surface area contributed by atoms with E-state index >= 15 is 0 Å². The van der Waals surface area contributed by atoms with Gasteiger partial charge in [0.1, 0.15) is 0 Å². The third kappa shape index (κ3) is 4.65. The van der Waals surface area contributed by atoms with Crippen LogP contribution in [0.1, 0.15) is 43.5 Å². The van der Waals surface area contributed by atoms with E-state index in [4.69, 9.17) is 5.73 Å². The van der Waals surface area contributed by atoms with Gasteiger partial charge in [-0.25, -0.2) is 0 Å². The molecule has 76 valence electrons. The van der Waals surface area contributed by atoms with Gasteiger partial charge in [0.25, 0.3) is 0 Å². The van der Waals surface area contributed by atoms with Crippen LogP contribution in [0.25, 0.3) is 0 Å². The second-order valence-corrected chi connectivity index (χ2v) is 4.10. The Morgan fingerprint density at radius 1 is 1.46 bits per heavy atom. The Kier molecular flexibility index (Phi) is 7.33. The fourth-order valence-electron chi connectivity index (χ4n) is 1.26. The third-order valence-electron chi connectivity index (χ3n) is 2.03. The minimum Gasteiger partial charge on any atom is -0.323 e. The molecule has 0 bridgehead atoms. The lowest BCUT2D eigenvalue weighted by molar-refractivity contribution is 0.587. The second-order valence-electron chi connectivity index (χ2n) is 3.12. The predicted molar refractivity (Wildman–Crippen MR) is 62.6 cm³/mol. The molecule has 0 aliphatic rings. The zero-order chi connectivity index (χ0) is 8.81. The van der Waals surface area contributed by atoms with E-state index in [1.807, 2.05) is 0 Å². The largest absolute Gasteiger partial charge is 0.323 e. The van der Waals surface area contributed by atoms with E-state index in [2.05, 4.69) is 24.4 Å². The molecule has 0 aliphatic carbocycles. The first-order chi connectivity index (χ1) is 5.84. The summed E-state index contributed by atoms with van der Waals surface area (Å²) in [5.74, 6) is 0. The summed E-state index contributed by atoms with van der Waals surface area (Å²) in [6.45, 7) is 2.22. The van der Waals surface area contributed by atoms with Crippen molar-refractivity contribution in [2.75, 3.05) is 0 Å². The molecule has 1 atom stereocenters. The van der Waals surface area contributed by atoms with E-state index in [-0.39, 0.29) is 18.4 Å². The molecule has 0 fully saturated rings. The standard InChI is InChI=1S/C10H17NS.ClH/c1-2-3-4-6-9(11)10-7-5-8-12-10;/h5,7-9H,2-4,6,11H2,1H3;1H/t9-;/m1./s1. The normalized spacial score (nSPS) is 12.2. The maximum absolute atomic E-state index is 5.99. The van der Waals surface area contributed by atoms with Gasteiger partial charge in [-0.2, -0.15) is 0 Å². The van der Waals surface area contributed by atoms with Crippen LogP contribution in [0.2, 0.25) is 0 Å². The number of thiophene rings is 1. The maximum Gasteiger partial charge on any atom is 0.0389 e. The molecule has 0 amide bonds. The number of rotatable bonds is 5. The van der Waals surface area contributed by atoms with E-state index in [0.29, 0.717) is 0 Å². The van der Waals surface area contributed by atoms with Gasteiger partial charge >= 0.3 is 0 Å². The van der Waals surface area contributed by atoms with Crippen LogP contribution in [0.5, 0.6) is 0 Å². The minimum atomic E-state index is 0. The highest BCUT2D eigenvalue weighted by molar-refractivity contribution is 7.10. The van der Waals surface area contributed by atoms with Gasteiger partial charge in [0.05, 0.1) is 0 Å². The van der Waals surface area contributed by atoms with Gasteiger partial charge < -0.3 is 5.73 Å². The third-order valence-corrected chi connectivity index (χ3v) is 3.03. The lowest BCUT2D eigenvalue weighted by atomic mass is 10.1. The Balaban J connectivity index is 0.00000144. The number of hydrogen-bond acceptors (Lipinski definition) is 2. The molecule has 1 nitrogen and oxygen atoms in total. The molecule has 0 unspecified atom stereocenters. The van der Waals surface area contributed by atoms with Gasteiger partial charge in [0.15, 0.2) is 0 Å². The summed E-state index contributed by atoms with van der Waals surface area (Å²) in [5, 5.41) is 2.09. The van der Waals surface area contributed by atoms with Crippen LogP contribution in [0.15, 0.2) is 17.5 Å². The van der Waals surface area contributed by atoms with Gasteiger partial charge in [0, 0.05) is 10.9 Å². The summed E-state index contributed by atoms with van der Waals surface area (Å²) in [7, 11) is 0. The van der Waals surface area contributed by atoms with E-state index < -0.39 is 0 Å². The number of nitrogens with two attached hydrogens (primary N) is 1. The summed E-state index contributed by atoms with van der Waals surface area (Å²) in [5.41, 5.74) is 5.99. The highest BCUT2D eigenvalue weighted by Crippen LogP contribution is 2.21. The highest BCUT2D eigenvalue weighted by Gasteiger charge is 2.05. The van der Waals surface area contributed by atoms with Gasteiger partial charge in [-0.1, -0.05) is 32.3 Å². The zero-order valence-electron chi connectivity index (χ0n) is 8.03. The molecule has 13 heavy (non-hydrogen) atoms. The second kappa shape index (κ2) is 7.36. The summed E-state index contributed by atoms with van der Waals surface area (Å²) in [4.78, 5) is 1.33. The molecule has 1 aromatic rings. The fraction of sp³-hybridized carbons (Fsp3) is 0.600. The SMILES string of the molecule is CCCCC[C@@H](N)c1cccs1.Cl. The highest BCUT2D eigenvalue weighted by atomic mass is 35.5. The monoisotopic (exact) mass is 219 g/mol. The Labute approximate surface area is 90.8 Å². The molecule has 0 spiro atoms. The van der Waals surface area contributed by atoms with Crippen molar-refractivity contribution in [3.8, 4) is 0 Å². The Morgan fingerprint density at radius 3 is 2.77 bits per heavy atom. The van der Waals surface area contributed by atoms with Crippen LogP contribution >= 0.6 is 23.7 Å². The Hall–Kier alpha value is -0.0500. The van der Waals surface area contributed by atoms with E-state index in [0.717, 1.165) is 6.42 Å². The van der Waals surface area contributed by atoms with Crippen LogP contribution in [-0.4, -0.2) is 0 Å². The smallest absolute Gasteiger partial charge is 0.0389 e. The molecular formula is C10H18ClNS. The van der Waals surface area contributed by atoms with Crippen LogP contribution in [-0.2, 0) is 0 Å². The van der Waals surface area contributed by atoms with Crippen LogP contribution < -0.4 is 5.73 Å². The van der Waals surface area contributed by atoms with Gasteiger partial charge in [-0.15, -0.1) is 23.7 Å². The van der Waals surface area contributed by atoms with E-state index in [9.17, 15) is 0 Å². The van der Waals surface area contributed by atoms with Crippen LogP contribution in [0.3, 0.4) is 0 Å². The predicted octanol–water partition coefficient (Wildman–Crippen LogP) is 3.75. The van der Waals surface area contributed by atoms with Crippen molar-refractivity contribution in [1.82, 2.24) is 0 Å². The van der Waals surface area contributed by atoms with Gasteiger partial charge in [-0.05, 0) is 17.9 Å². The van der Waals surface area contributed by atoms with Crippen molar-refractivity contribution >= 4 is 23.7 Å². The first-order valence-electron chi connectivity index (χ1n) is 4.63. The summed E-state index contributed by atoms with van der Waals surface area (Å²) >= 11 is 1.76. The topological polar surface area (TPSA) is 26.0 Å². The van der Waals surface area contributed by atoms with Crippen molar-refractivity contribution in [2.24, 2.45) is 5.73 Å². The van der Waals surface area contributed by atoms with E-state index in [1.165, 1.54) is 24.1 Å². The summed E-state index contributed by atoms with van der Waals surface area (Å²) in [6.07, 6.45) is 4.97. The van der Waals surface area contributed by atoms with Gasteiger partial charge in [-0.3, -0.25) is 0 Å². The first-order valence-corrected chi connectivity index (χ1v) is 5.51. The summed E-state index contributed by atoms with van der Waals surface area (Å²) in [6, 6.07) is 4.47. The van der Waals surface area contributed by atoms with Crippen molar-refractivity contribution in [1.29, 1.82) is 0 Å². The van der Waals surface area contributed by atoms with Gasteiger partial charge in [0.2, 0.25) is 0 Å². The van der Waals surface area contributed by atoms with Crippen molar-refractivity contribution in [3.05, 3.63) is 22.4 Å². The molecule has 0 radical (unpaired) electrons. The molecule has 0 aromatic carbocycles. The Bertz CT molecular complexity index is 199. The molecule has 0 saturated heterocycles. The minimum absolute atomic E-state index is 0. The van der Waals surface area contributed by atoms with Crippen LogP contribution in [0.4, 0.5) is 0 Å². The lowest BCUT2D eigenvalue weighted by Crippen LogP contribution is -2.07. The van der Waals surface area contributed by atoms with Crippen molar-refractivity contribution in [2.45, 2.75) is 38.6 Å². The molecule has 2 N–H and O–H groups in total. The molecule has 1 rings (SSSR count). The van der Waals surface area contributed by atoms with E-state index in [1.54, 1.807) is 11.3 Å². The molecule has 3 heteroatoms. The zero-order valence-corrected chi connectivity index (χ0v) is 9.66. The maximum atomic E-state index is 5.99. The molecule has 1 heterocycles. The Morgan fingerprint density at radius 2 is 2.23 bits per heavy atom. The fourth-order valence-corrected chi connectivity index (χ4v) is 2.02. The van der Waals surface area contributed by atoms with Crippen molar-refractivity contribution < 1.29 is 0 Å². The molecule has 0 saturated carbocycles. The lowest BCUT2D eigenvalue weighted by Gasteiger charge is -2.07. The quantitative estimate of drug-likeness (QED) is 0.751. The number of hydrogen-bond donors (Lipinski definition) is 1. The summed E-state index contributed by atoms with van der Waals surface area (Å²) < 4.78 is 0.